The fourth-order valence-electron chi connectivity index (χ4n) is 1.91. The quantitative estimate of drug-likeness (QED) is 0.766. The van der Waals surface area contributed by atoms with Gasteiger partial charge in [0.1, 0.15) is 6.61 Å². The molecule has 1 aromatic carbocycles. The van der Waals surface area contributed by atoms with E-state index in [1.807, 2.05) is 6.07 Å². The minimum atomic E-state index is -0.402. The number of ether oxygens (including phenoxy) is 2. The van der Waals surface area contributed by atoms with Gasteiger partial charge in [-0.05, 0) is 37.5 Å². The van der Waals surface area contributed by atoms with Gasteiger partial charge in [-0.25, -0.2) is 4.79 Å². The van der Waals surface area contributed by atoms with Crippen LogP contribution in [0.4, 0.5) is 0 Å². The van der Waals surface area contributed by atoms with E-state index in [0.29, 0.717) is 11.1 Å². The number of carbonyl (C=O) groups excluding carboxylic acids is 1. The topological polar surface area (TPSA) is 59.3 Å². The molecule has 1 fully saturated rings. The maximum Gasteiger partial charge on any atom is 0.338 e. The van der Waals surface area contributed by atoms with E-state index >= 15 is 0 Å². The zero-order valence-electron chi connectivity index (χ0n) is 10.1. The molecule has 0 aliphatic carbocycles. The maximum atomic E-state index is 11.8. The molecule has 1 saturated heterocycles. The van der Waals surface area contributed by atoms with Crippen molar-refractivity contribution < 1.29 is 14.3 Å². The van der Waals surface area contributed by atoms with Crippen molar-refractivity contribution in [2.24, 2.45) is 0 Å². The van der Waals surface area contributed by atoms with Gasteiger partial charge in [-0.15, -0.1) is 0 Å². The lowest BCUT2D eigenvalue weighted by atomic mass is 10.1. The summed E-state index contributed by atoms with van der Waals surface area (Å²) in [4.78, 5) is 11.8. The van der Waals surface area contributed by atoms with E-state index in [9.17, 15) is 4.79 Å². The normalized spacial score (nSPS) is 18.9. The smallest absolute Gasteiger partial charge is 0.338 e. The number of hydrogen-bond acceptors (Lipinski definition) is 4. The van der Waals surface area contributed by atoms with Crippen molar-refractivity contribution in [1.29, 1.82) is 5.26 Å². The van der Waals surface area contributed by atoms with E-state index in [-0.39, 0.29) is 12.7 Å². The fraction of sp³-hybridized carbons (Fsp3) is 0.429. The van der Waals surface area contributed by atoms with Crippen molar-refractivity contribution in [3.05, 3.63) is 35.4 Å². The van der Waals surface area contributed by atoms with E-state index in [1.165, 1.54) is 6.07 Å². The van der Waals surface area contributed by atoms with E-state index in [4.69, 9.17) is 14.7 Å². The molecule has 0 saturated carbocycles. The second-order valence-electron chi connectivity index (χ2n) is 4.28. The van der Waals surface area contributed by atoms with Crippen molar-refractivity contribution in [2.75, 3.05) is 13.2 Å². The molecule has 1 atom stereocenters. The first-order chi connectivity index (χ1) is 8.79. The molecule has 1 heterocycles. The van der Waals surface area contributed by atoms with Crippen LogP contribution in [0.15, 0.2) is 24.3 Å². The Morgan fingerprint density at radius 3 is 3.11 bits per heavy atom. The number of nitriles is 1. The minimum absolute atomic E-state index is 0.0156. The molecule has 0 bridgehead atoms. The number of carbonyl (C=O) groups is 1. The van der Waals surface area contributed by atoms with Crippen molar-refractivity contribution in [1.82, 2.24) is 0 Å². The van der Waals surface area contributed by atoms with Gasteiger partial charge in [-0.2, -0.15) is 5.26 Å². The molecule has 4 nitrogen and oxygen atoms in total. The van der Waals surface area contributed by atoms with Crippen LogP contribution in [0.25, 0.3) is 0 Å². The first kappa shape index (κ1) is 12.6. The summed E-state index contributed by atoms with van der Waals surface area (Å²) in [5.74, 6) is -0.402. The Balaban J connectivity index is 1.89. The van der Waals surface area contributed by atoms with Gasteiger partial charge in [-0.3, -0.25) is 0 Å². The molecule has 0 amide bonds. The van der Waals surface area contributed by atoms with Crippen LogP contribution in [0.2, 0.25) is 0 Å². The SMILES string of the molecule is N#Cc1cccc(C(=O)OCC2CCCCO2)c1. The summed E-state index contributed by atoms with van der Waals surface area (Å²) in [6.07, 6.45) is 3.15. The second kappa shape index (κ2) is 6.18. The molecule has 1 aliphatic rings. The molecule has 2 rings (SSSR count). The van der Waals surface area contributed by atoms with Gasteiger partial charge in [0.25, 0.3) is 0 Å². The number of hydrogen-bond donors (Lipinski definition) is 0. The molecule has 0 N–H and O–H groups in total. The van der Waals surface area contributed by atoms with E-state index in [0.717, 1.165) is 25.9 Å². The molecular formula is C14H15NO3. The van der Waals surface area contributed by atoms with Crippen LogP contribution in [0.1, 0.15) is 35.2 Å². The Kier molecular flexibility index (Phi) is 4.32. The highest BCUT2D eigenvalue weighted by Gasteiger charge is 2.16. The van der Waals surface area contributed by atoms with Gasteiger partial charge >= 0.3 is 5.97 Å². The van der Waals surface area contributed by atoms with Crippen LogP contribution < -0.4 is 0 Å². The van der Waals surface area contributed by atoms with E-state index < -0.39 is 5.97 Å². The average molecular weight is 245 g/mol. The predicted molar refractivity (Wildman–Crippen MR) is 65.0 cm³/mol. The lowest BCUT2D eigenvalue weighted by Gasteiger charge is -2.22. The van der Waals surface area contributed by atoms with Crippen molar-refractivity contribution in [3.63, 3.8) is 0 Å². The number of benzene rings is 1. The standard InChI is InChI=1S/C14H15NO3/c15-9-11-4-3-5-12(8-11)14(16)18-10-13-6-1-2-7-17-13/h3-5,8,13H,1-2,6-7,10H2. The number of esters is 1. The van der Waals surface area contributed by atoms with Crippen molar-refractivity contribution in [3.8, 4) is 6.07 Å². The van der Waals surface area contributed by atoms with Crippen LogP contribution in [0.5, 0.6) is 0 Å². The zero-order chi connectivity index (χ0) is 12.8. The molecule has 94 valence electrons. The fourth-order valence-corrected chi connectivity index (χ4v) is 1.91. The summed E-state index contributed by atoms with van der Waals surface area (Å²) in [7, 11) is 0. The monoisotopic (exact) mass is 245 g/mol. The first-order valence-corrected chi connectivity index (χ1v) is 6.08. The summed E-state index contributed by atoms with van der Waals surface area (Å²) < 4.78 is 10.7. The summed E-state index contributed by atoms with van der Waals surface area (Å²) in [6, 6.07) is 8.50. The number of nitrogens with zero attached hydrogens (tertiary/aromatic N) is 1. The number of rotatable bonds is 3. The molecule has 1 aliphatic heterocycles. The maximum absolute atomic E-state index is 11.8. The van der Waals surface area contributed by atoms with Crippen LogP contribution in [0.3, 0.4) is 0 Å². The van der Waals surface area contributed by atoms with Gasteiger partial charge in [0, 0.05) is 6.61 Å². The third-order valence-electron chi connectivity index (χ3n) is 2.90. The summed E-state index contributed by atoms with van der Waals surface area (Å²) in [5, 5.41) is 8.76. The summed E-state index contributed by atoms with van der Waals surface area (Å²) in [5.41, 5.74) is 0.864. The zero-order valence-corrected chi connectivity index (χ0v) is 10.1. The molecule has 0 spiro atoms. The van der Waals surface area contributed by atoms with Crippen LogP contribution >= 0.6 is 0 Å². The Hall–Kier alpha value is -1.86. The van der Waals surface area contributed by atoms with Gasteiger partial charge in [-0.1, -0.05) is 6.07 Å². The molecular weight excluding hydrogens is 230 g/mol. The lowest BCUT2D eigenvalue weighted by molar-refractivity contribution is -0.0300. The minimum Gasteiger partial charge on any atom is -0.459 e. The van der Waals surface area contributed by atoms with Gasteiger partial charge in [0.15, 0.2) is 0 Å². The molecule has 1 unspecified atom stereocenters. The Labute approximate surface area is 106 Å². The third kappa shape index (κ3) is 3.31. The lowest BCUT2D eigenvalue weighted by Crippen LogP contribution is -2.25. The molecule has 0 aromatic heterocycles. The average Bonchev–Trinajstić information content (AvgIpc) is 2.46. The predicted octanol–water partition coefficient (Wildman–Crippen LogP) is 2.28. The van der Waals surface area contributed by atoms with Crippen LogP contribution in [0, 0.1) is 11.3 Å². The van der Waals surface area contributed by atoms with E-state index in [1.54, 1.807) is 18.2 Å². The molecule has 18 heavy (non-hydrogen) atoms. The Morgan fingerprint density at radius 1 is 1.50 bits per heavy atom. The van der Waals surface area contributed by atoms with Crippen LogP contribution in [-0.4, -0.2) is 25.3 Å². The molecule has 0 radical (unpaired) electrons. The summed E-state index contributed by atoms with van der Waals surface area (Å²) >= 11 is 0. The van der Waals surface area contributed by atoms with E-state index in [2.05, 4.69) is 0 Å². The highest BCUT2D eigenvalue weighted by atomic mass is 16.6. The van der Waals surface area contributed by atoms with Gasteiger partial charge < -0.3 is 9.47 Å². The Bertz CT molecular complexity index is 458. The Morgan fingerprint density at radius 2 is 2.39 bits per heavy atom. The molecule has 4 heteroatoms. The molecule has 1 aromatic rings. The second-order valence-corrected chi connectivity index (χ2v) is 4.28. The highest BCUT2D eigenvalue weighted by molar-refractivity contribution is 5.89. The van der Waals surface area contributed by atoms with Gasteiger partial charge in [0.05, 0.1) is 23.3 Å². The van der Waals surface area contributed by atoms with Gasteiger partial charge in [0.2, 0.25) is 0 Å². The first-order valence-electron chi connectivity index (χ1n) is 6.08. The van der Waals surface area contributed by atoms with Crippen molar-refractivity contribution in [2.45, 2.75) is 25.4 Å². The van der Waals surface area contributed by atoms with Crippen LogP contribution in [-0.2, 0) is 9.47 Å². The summed E-state index contributed by atoms with van der Waals surface area (Å²) in [6.45, 7) is 1.03. The highest BCUT2D eigenvalue weighted by Crippen LogP contribution is 2.14. The van der Waals surface area contributed by atoms with Crippen molar-refractivity contribution >= 4 is 5.97 Å². The largest absolute Gasteiger partial charge is 0.459 e. The third-order valence-corrected chi connectivity index (χ3v) is 2.90.